The predicted molar refractivity (Wildman–Crippen MR) is 115 cm³/mol. The molecule has 4 rings (SSSR count). The number of hydrogen-bond acceptors (Lipinski definition) is 8. The first-order valence-corrected chi connectivity index (χ1v) is 10.9. The van der Waals surface area contributed by atoms with E-state index in [2.05, 4.69) is 30.3 Å². The minimum absolute atomic E-state index is 0.119. The fraction of sp³-hybridized carbons (Fsp3) is 0.0500. The van der Waals surface area contributed by atoms with Crippen molar-refractivity contribution >= 4 is 38.9 Å². The summed E-state index contributed by atoms with van der Waals surface area (Å²) in [7, 11) is -3.51. The summed E-state index contributed by atoms with van der Waals surface area (Å²) >= 11 is 0. The van der Waals surface area contributed by atoms with Crippen molar-refractivity contribution in [2.75, 3.05) is 21.6 Å². The van der Waals surface area contributed by atoms with E-state index in [-0.39, 0.29) is 17.5 Å². The Morgan fingerprint density at radius 3 is 2.55 bits per heavy atom. The van der Waals surface area contributed by atoms with E-state index in [1.807, 2.05) is 18.2 Å². The molecular formula is C20H17FN6O3S. The number of hydrogen-bond donors (Lipinski definition) is 3. The number of rotatable bonds is 7. The molecule has 4 aromatic rings. The van der Waals surface area contributed by atoms with Crippen LogP contribution >= 0.6 is 0 Å². The van der Waals surface area contributed by atoms with E-state index in [0.29, 0.717) is 17.1 Å². The number of para-hydroxylation sites is 2. The molecule has 0 aliphatic carbocycles. The van der Waals surface area contributed by atoms with Crippen LogP contribution in [0.15, 0.2) is 71.7 Å². The highest BCUT2D eigenvalue weighted by atomic mass is 32.2. The summed E-state index contributed by atoms with van der Waals surface area (Å²) in [6.07, 6.45) is 4.99. The summed E-state index contributed by atoms with van der Waals surface area (Å²) in [6.45, 7) is 0. The molecule has 0 atom stereocenters. The fourth-order valence-electron chi connectivity index (χ4n) is 2.76. The van der Waals surface area contributed by atoms with Crippen LogP contribution in [0.4, 0.5) is 33.2 Å². The van der Waals surface area contributed by atoms with Gasteiger partial charge in [0.25, 0.3) is 0 Å². The van der Waals surface area contributed by atoms with Crippen LogP contribution < -0.4 is 15.4 Å². The van der Waals surface area contributed by atoms with Crippen molar-refractivity contribution in [2.45, 2.75) is 0 Å². The quantitative estimate of drug-likeness (QED) is 0.392. The summed E-state index contributed by atoms with van der Waals surface area (Å²) in [5.74, 6) is -0.0741. The molecule has 0 bridgehead atoms. The molecule has 0 fully saturated rings. The molecule has 0 radical (unpaired) electrons. The van der Waals surface area contributed by atoms with Crippen molar-refractivity contribution < 1.29 is 17.2 Å². The SMILES string of the molecule is CS(=O)(=O)Nc1ccccc1Nc1nc(Nc2cccc(-c3cnco3)c2)ncc1F. The van der Waals surface area contributed by atoms with Crippen molar-refractivity contribution in [3.05, 3.63) is 73.1 Å². The van der Waals surface area contributed by atoms with Crippen molar-refractivity contribution in [3.8, 4) is 11.3 Å². The largest absolute Gasteiger partial charge is 0.444 e. The Bertz CT molecular complexity index is 1310. The average Bonchev–Trinajstić information content (AvgIpc) is 3.26. The predicted octanol–water partition coefficient (Wildman–Crippen LogP) is 4.13. The third kappa shape index (κ3) is 5.14. The van der Waals surface area contributed by atoms with Gasteiger partial charge in [-0.2, -0.15) is 4.98 Å². The summed E-state index contributed by atoms with van der Waals surface area (Å²) in [4.78, 5) is 12.0. The van der Waals surface area contributed by atoms with Crippen molar-refractivity contribution in [3.63, 3.8) is 0 Å². The first kappa shape index (κ1) is 20.3. The minimum atomic E-state index is -3.51. The smallest absolute Gasteiger partial charge is 0.229 e. The van der Waals surface area contributed by atoms with E-state index in [9.17, 15) is 12.8 Å². The number of benzene rings is 2. The maximum atomic E-state index is 14.3. The zero-order valence-corrected chi connectivity index (χ0v) is 17.0. The van der Waals surface area contributed by atoms with Gasteiger partial charge < -0.3 is 15.1 Å². The lowest BCUT2D eigenvalue weighted by molar-refractivity contribution is 0.572. The highest BCUT2D eigenvalue weighted by molar-refractivity contribution is 7.92. The third-order valence-electron chi connectivity index (χ3n) is 4.06. The van der Waals surface area contributed by atoms with Crippen LogP contribution in [0.25, 0.3) is 11.3 Å². The van der Waals surface area contributed by atoms with E-state index in [0.717, 1.165) is 18.0 Å². The number of nitrogens with zero attached hydrogens (tertiary/aromatic N) is 3. The summed E-state index contributed by atoms with van der Waals surface area (Å²) in [6, 6.07) is 13.8. The van der Waals surface area contributed by atoms with Gasteiger partial charge in [-0.05, 0) is 24.3 Å². The molecular weight excluding hydrogens is 423 g/mol. The van der Waals surface area contributed by atoms with E-state index in [1.165, 1.54) is 6.39 Å². The molecule has 0 saturated carbocycles. The lowest BCUT2D eigenvalue weighted by Crippen LogP contribution is -2.11. The van der Waals surface area contributed by atoms with Gasteiger partial charge in [-0.3, -0.25) is 4.72 Å². The molecule has 2 aromatic carbocycles. The molecule has 0 aliphatic heterocycles. The normalized spacial score (nSPS) is 11.2. The van der Waals surface area contributed by atoms with E-state index in [4.69, 9.17) is 4.42 Å². The Kier molecular flexibility index (Phi) is 5.50. The zero-order chi connectivity index (χ0) is 21.8. The molecule has 3 N–H and O–H groups in total. The van der Waals surface area contributed by atoms with Crippen LogP contribution in [0.3, 0.4) is 0 Å². The number of anilines is 5. The Morgan fingerprint density at radius 2 is 1.81 bits per heavy atom. The molecule has 2 heterocycles. The Morgan fingerprint density at radius 1 is 1.00 bits per heavy atom. The molecule has 0 unspecified atom stereocenters. The van der Waals surface area contributed by atoms with Gasteiger partial charge in [-0.1, -0.05) is 24.3 Å². The lowest BCUT2D eigenvalue weighted by Gasteiger charge is -2.13. The van der Waals surface area contributed by atoms with E-state index < -0.39 is 15.8 Å². The van der Waals surface area contributed by atoms with Gasteiger partial charge in [0.1, 0.15) is 0 Å². The van der Waals surface area contributed by atoms with Crippen molar-refractivity contribution in [1.29, 1.82) is 0 Å². The Labute approximate surface area is 177 Å². The highest BCUT2D eigenvalue weighted by Gasteiger charge is 2.12. The molecule has 0 spiro atoms. The van der Waals surface area contributed by atoms with Crippen LogP contribution in [0.2, 0.25) is 0 Å². The first-order chi connectivity index (χ1) is 14.9. The molecule has 0 saturated heterocycles. The molecule has 0 aliphatic rings. The number of oxazole rings is 1. The second-order valence-electron chi connectivity index (χ2n) is 6.51. The summed E-state index contributed by atoms with van der Waals surface area (Å²) in [5.41, 5.74) is 2.05. The first-order valence-electron chi connectivity index (χ1n) is 9.00. The molecule has 31 heavy (non-hydrogen) atoms. The molecule has 9 nitrogen and oxygen atoms in total. The van der Waals surface area contributed by atoms with Gasteiger partial charge in [0.15, 0.2) is 23.8 Å². The van der Waals surface area contributed by atoms with Gasteiger partial charge in [0.05, 0.1) is 30.0 Å². The topological polar surface area (TPSA) is 122 Å². The molecule has 11 heteroatoms. The number of aromatic nitrogens is 3. The highest BCUT2D eigenvalue weighted by Crippen LogP contribution is 2.28. The second-order valence-corrected chi connectivity index (χ2v) is 8.25. The van der Waals surface area contributed by atoms with E-state index >= 15 is 0 Å². The standard InChI is InChI=1S/C20H17FN6O3S/c1-31(28,29)27-17-8-3-2-7-16(17)25-19-15(21)10-23-20(26-19)24-14-6-4-5-13(9-14)18-11-22-12-30-18/h2-12,27H,1H3,(H2,23,24,25,26). The van der Waals surface area contributed by atoms with Gasteiger partial charge in [0, 0.05) is 11.3 Å². The van der Waals surface area contributed by atoms with Crippen LogP contribution in [0, 0.1) is 5.82 Å². The number of sulfonamides is 1. The van der Waals surface area contributed by atoms with Crippen molar-refractivity contribution in [1.82, 2.24) is 15.0 Å². The minimum Gasteiger partial charge on any atom is -0.444 e. The number of halogens is 1. The van der Waals surface area contributed by atoms with Crippen LogP contribution in [0.5, 0.6) is 0 Å². The Balaban J connectivity index is 1.59. The molecule has 158 valence electrons. The maximum Gasteiger partial charge on any atom is 0.229 e. The van der Waals surface area contributed by atoms with Gasteiger partial charge >= 0.3 is 0 Å². The van der Waals surface area contributed by atoms with E-state index in [1.54, 1.807) is 36.5 Å². The average molecular weight is 440 g/mol. The van der Waals surface area contributed by atoms with Crippen molar-refractivity contribution in [2.24, 2.45) is 0 Å². The maximum absolute atomic E-state index is 14.3. The molecule has 2 aromatic heterocycles. The fourth-order valence-corrected chi connectivity index (χ4v) is 3.34. The van der Waals surface area contributed by atoms with Gasteiger partial charge in [-0.15, -0.1) is 0 Å². The lowest BCUT2D eigenvalue weighted by atomic mass is 10.1. The number of nitrogens with one attached hydrogen (secondary N) is 3. The molecule has 0 amide bonds. The second kappa shape index (κ2) is 8.40. The zero-order valence-electron chi connectivity index (χ0n) is 16.2. The third-order valence-corrected chi connectivity index (χ3v) is 4.65. The monoisotopic (exact) mass is 440 g/mol. The Hall–Kier alpha value is -3.99. The van der Waals surface area contributed by atoms with Gasteiger partial charge in [-0.25, -0.2) is 22.8 Å². The van der Waals surface area contributed by atoms with Gasteiger partial charge in [0.2, 0.25) is 16.0 Å². The summed E-state index contributed by atoms with van der Waals surface area (Å²) < 4.78 is 45.2. The van der Waals surface area contributed by atoms with Crippen LogP contribution in [-0.2, 0) is 10.0 Å². The van der Waals surface area contributed by atoms with Crippen LogP contribution in [-0.4, -0.2) is 29.6 Å². The van der Waals surface area contributed by atoms with Crippen LogP contribution in [0.1, 0.15) is 0 Å². The summed E-state index contributed by atoms with van der Waals surface area (Å²) in [5, 5.41) is 5.82.